The SMILES string of the molecule is Cc1ccc(NC(=O)COC(=O)[C@H](Cc2ccccc2)NC(=O)c2ccccc2)cc1F. The minimum Gasteiger partial charge on any atom is -0.454 e. The standard InChI is InChI=1S/C25H23FN2O4/c1-17-12-13-20(15-21(17)26)27-23(29)16-32-25(31)22(14-18-8-4-2-5-9-18)28-24(30)19-10-6-3-7-11-19/h2-13,15,22H,14,16H2,1H3,(H,27,29)(H,28,30)/t22-/m0/s1. The van der Waals surface area contributed by atoms with E-state index >= 15 is 0 Å². The highest BCUT2D eigenvalue weighted by atomic mass is 19.1. The summed E-state index contributed by atoms with van der Waals surface area (Å²) in [7, 11) is 0. The van der Waals surface area contributed by atoms with Crippen molar-refractivity contribution < 1.29 is 23.5 Å². The molecule has 3 rings (SSSR count). The van der Waals surface area contributed by atoms with Gasteiger partial charge >= 0.3 is 5.97 Å². The zero-order valence-corrected chi connectivity index (χ0v) is 17.5. The fourth-order valence-corrected chi connectivity index (χ4v) is 2.98. The molecule has 0 aliphatic heterocycles. The molecule has 3 aromatic carbocycles. The van der Waals surface area contributed by atoms with Gasteiger partial charge in [0, 0.05) is 17.7 Å². The Morgan fingerprint density at radius 1 is 0.938 bits per heavy atom. The van der Waals surface area contributed by atoms with E-state index in [4.69, 9.17) is 4.74 Å². The van der Waals surface area contributed by atoms with Crippen LogP contribution in [-0.2, 0) is 20.7 Å². The summed E-state index contributed by atoms with van der Waals surface area (Å²) in [6.07, 6.45) is 0.197. The maximum Gasteiger partial charge on any atom is 0.329 e. The van der Waals surface area contributed by atoms with Gasteiger partial charge in [-0.05, 0) is 42.3 Å². The van der Waals surface area contributed by atoms with Crippen LogP contribution in [0, 0.1) is 12.7 Å². The van der Waals surface area contributed by atoms with Crippen molar-refractivity contribution in [1.82, 2.24) is 5.32 Å². The average molecular weight is 434 g/mol. The number of amides is 2. The Kier molecular flexibility index (Phi) is 7.70. The molecule has 2 amide bonds. The van der Waals surface area contributed by atoms with Crippen molar-refractivity contribution in [3.63, 3.8) is 0 Å². The molecule has 0 fully saturated rings. The summed E-state index contributed by atoms with van der Waals surface area (Å²) in [5.74, 6) is -2.24. The molecule has 3 aromatic rings. The van der Waals surface area contributed by atoms with Gasteiger partial charge in [0.25, 0.3) is 11.8 Å². The second-order valence-corrected chi connectivity index (χ2v) is 7.20. The van der Waals surface area contributed by atoms with Gasteiger partial charge in [0.1, 0.15) is 11.9 Å². The smallest absolute Gasteiger partial charge is 0.329 e. The second-order valence-electron chi connectivity index (χ2n) is 7.20. The Balaban J connectivity index is 1.63. The quantitative estimate of drug-likeness (QED) is 0.530. The van der Waals surface area contributed by atoms with Crippen molar-refractivity contribution in [2.75, 3.05) is 11.9 Å². The number of nitrogens with one attached hydrogen (secondary N) is 2. The number of hydrogen-bond acceptors (Lipinski definition) is 4. The van der Waals surface area contributed by atoms with E-state index in [0.717, 1.165) is 5.56 Å². The topological polar surface area (TPSA) is 84.5 Å². The molecule has 0 heterocycles. The molecule has 32 heavy (non-hydrogen) atoms. The fourth-order valence-electron chi connectivity index (χ4n) is 2.98. The van der Waals surface area contributed by atoms with Crippen molar-refractivity contribution in [3.8, 4) is 0 Å². The molecule has 6 nitrogen and oxygen atoms in total. The van der Waals surface area contributed by atoms with E-state index in [-0.39, 0.29) is 12.1 Å². The van der Waals surface area contributed by atoms with E-state index in [9.17, 15) is 18.8 Å². The average Bonchev–Trinajstić information content (AvgIpc) is 2.80. The van der Waals surface area contributed by atoms with Crippen LogP contribution in [0.15, 0.2) is 78.9 Å². The number of carbonyl (C=O) groups is 3. The maximum atomic E-state index is 13.6. The van der Waals surface area contributed by atoms with Crippen LogP contribution in [0.4, 0.5) is 10.1 Å². The Hall–Kier alpha value is -4.00. The van der Waals surface area contributed by atoms with Crippen LogP contribution in [-0.4, -0.2) is 30.4 Å². The van der Waals surface area contributed by atoms with Crippen molar-refractivity contribution >= 4 is 23.5 Å². The van der Waals surface area contributed by atoms with Crippen LogP contribution < -0.4 is 10.6 Å². The first-order chi connectivity index (χ1) is 15.4. The molecule has 0 saturated carbocycles. The molecule has 0 bridgehead atoms. The van der Waals surface area contributed by atoms with Gasteiger partial charge in [-0.3, -0.25) is 9.59 Å². The van der Waals surface area contributed by atoms with Crippen LogP contribution in [0.3, 0.4) is 0 Å². The Labute approximate surface area is 185 Å². The first-order valence-electron chi connectivity index (χ1n) is 10.0. The third-order valence-electron chi connectivity index (χ3n) is 4.71. The molecule has 0 spiro atoms. The van der Waals surface area contributed by atoms with Gasteiger partial charge < -0.3 is 15.4 Å². The predicted molar refractivity (Wildman–Crippen MR) is 119 cm³/mol. The Morgan fingerprint density at radius 3 is 2.25 bits per heavy atom. The van der Waals surface area contributed by atoms with E-state index in [1.807, 2.05) is 30.3 Å². The fraction of sp³-hybridized carbons (Fsp3) is 0.160. The number of ether oxygens (including phenoxy) is 1. The lowest BCUT2D eigenvalue weighted by Crippen LogP contribution is -2.44. The van der Waals surface area contributed by atoms with Gasteiger partial charge in [-0.25, -0.2) is 9.18 Å². The normalized spacial score (nSPS) is 11.3. The van der Waals surface area contributed by atoms with Crippen LogP contribution in [0.2, 0.25) is 0 Å². The first-order valence-corrected chi connectivity index (χ1v) is 10.0. The highest BCUT2D eigenvalue weighted by Gasteiger charge is 2.24. The second kappa shape index (κ2) is 10.9. The van der Waals surface area contributed by atoms with E-state index in [1.165, 1.54) is 12.1 Å². The van der Waals surface area contributed by atoms with Crippen molar-refractivity contribution in [2.24, 2.45) is 0 Å². The number of esters is 1. The molecule has 0 radical (unpaired) electrons. The van der Waals surface area contributed by atoms with Crippen molar-refractivity contribution in [3.05, 3.63) is 101 Å². The largest absolute Gasteiger partial charge is 0.454 e. The molecule has 0 aliphatic carbocycles. The van der Waals surface area contributed by atoms with Crippen LogP contribution >= 0.6 is 0 Å². The summed E-state index contributed by atoms with van der Waals surface area (Å²) in [4.78, 5) is 37.4. The van der Waals surface area contributed by atoms with Gasteiger partial charge in [-0.1, -0.05) is 54.6 Å². The summed E-state index contributed by atoms with van der Waals surface area (Å²) in [6.45, 7) is 1.04. The van der Waals surface area contributed by atoms with E-state index < -0.39 is 36.2 Å². The van der Waals surface area contributed by atoms with E-state index in [1.54, 1.807) is 43.3 Å². The number of halogens is 1. The number of benzene rings is 3. The molecule has 164 valence electrons. The summed E-state index contributed by atoms with van der Waals surface area (Å²) in [5.41, 5.74) is 1.93. The van der Waals surface area contributed by atoms with E-state index in [2.05, 4.69) is 10.6 Å². The van der Waals surface area contributed by atoms with Crippen molar-refractivity contribution in [2.45, 2.75) is 19.4 Å². The van der Waals surface area contributed by atoms with Gasteiger partial charge in [-0.2, -0.15) is 0 Å². The summed E-state index contributed by atoms with van der Waals surface area (Å²) in [6, 6.07) is 20.9. The summed E-state index contributed by atoms with van der Waals surface area (Å²) >= 11 is 0. The van der Waals surface area contributed by atoms with Gasteiger partial charge in [0.15, 0.2) is 6.61 Å². The van der Waals surface area contributed by atoms with Crippen molar-refractivity contribution in [1.29, 1.82) is 0 Å². The first kappa shape index (κ1) is 22.7. The number of carbonyl (C=O) groups excluding carboxylic acids is 3. The lowest BCUT2D eigenvalue weighted by Gasteiger charge is -2.18. The highest BCUT2D eigenvalue weighted by Crippen LogP contribution is 2.13. The molecule has 1 atom stereocenters. The zero-order chi connectivity index (χ0) is 22.9. The predicted octanol–water partition coefficient (Wildman–Crippen LogP) is 3.66. The van der Waals surface area contributed by atoms with Gasteiger partial charge in [0.2, 0.25) is 0 Å². The molecule has 0 aromatic heterocycles. The number of aryl methyl sites for hydroxylation is 1. The molecular formula is C25H23FN2O4. The molecule has 0 aliphatic rings. The third-order valence-corrected chi connectivity index (χ3v) is 4.71. The minimum absolute atomic E-state index is 0.197. The summed E-state index contributed by atoms with van der Waals surface area (Å²) in [5, 5.41) is 5.15. The number of rotatable bonds is 8. The van der Waals surface area contributed by atoms with Gasteiger partial charge in [0.05, 0.1) is 0 Å². The Morgan fingerprint density at radius 2 is 1.59 bits per heavy atom. The number of hydrogen-bond donors (Lipinski definition) is 2. The number of anilines is 1. The minimum atomic E-state index is -0.991. The Bertz CT molecular complexity index is 1090. The van der Waals surface area contributed by atoms with Crippen LogP contribution in [0.25, 0.3) is 0 Å². The third kappa shape index (κ3) is 6.50. The van der Waals surface area contributed by atoms with Gasteiger partial charge in [-0.15, -0.1) is 0 Å². The monoisotopic (exact) mass is 434 g/mol. The molecule has 0 saturated heterocycles. The lowest BCUT2D eigenvalue weighted by molar-refractivity contribution is -0.149. The molecular weight excluding hydrogens is 411 g/mol. The van der Waals surface area contributed by atoms with Crippen LogP contribution in [0.5, 0.6) is 0 Å². The maximum absolute atomic E-state index is 13.6. The molecule has 0 unspecified atom stereocenters. The van der Waals surface area contributed by atoms with E-state index in [0.29, 0.717) is 11.1 Å². The summed E-state index contributed by atoms with van der Waals surface area (Å²) < 4.78 is 18.8. The lowest BCUT2D eigenvalue weighted by atomic mass is 10.1. The molecule has 7 heteroatoms. The van der Waals surface area contributed by atoms with Crippen LogP contribution in [0.1, 0.15) is 21.5 Å². The zero-order valence-electron chi connectivity index (χ0n) is 17.5. The molecule has 2 N–H and O–H groups in total. The highest BCUT2D eigenvalue weighted by molar-refractivity contribution is 5.97.